The second-order valence-electron chi connectivity index (χ2n) is 1.44. The minimum absolute atomic E-state index is 2.93. The Labute approximate surface area is 83.6 Å². The van der Waals surface area contributed by atoms with Gasteiger partial charge in [-0.15, -0.1) is 0 Å². The Balaban J connectivity index is 0. The summed E-state index contributed by atoms with van der Waals surface area (Å²) in [4.78, 5) is 15.5. The molecule has 0 rings (SSSR count). The molecule has 0 saturated carbocycles. The zero-order valence-corrected chi connectivity index (χ0v) is 10.9. The Kier molecular flexibility index (Phi) is 6.79. The zero-order chi connectivity index (χ0) is 12.2. The molecule has 14 heteroatoms. The molecule has 0 unspecified atom stereocenters. The van der Waals surface area contributed by atoms with Crippen molar-refractivity contribution in [2.24, 2.45) is 0 Å². The molecule has 0 atom stereocenters. The van der Waals surface area contributed by atoms with Crippen LogP contribution in [0.15, 0.2) is 0 Å². The van der Waals surface area contributed by atoms with E-state index in [0.29, 0.717) is 0 Å². The predicted octanol–water partition coefficient (Wildman–Crippen LogP) is -2.59. The van der Waals surface area contributed by atoms with Crippen molar-refractivity contribution in [3.05, 3.63) is 0 Å². The Hall–Kier alpha value is 0.567. The second kappa shape index (κ2) is 5.60. The van der Waals surface area contributed by atoms with Crippen LogP contribution < -0.4 is 0 Å². The van der Waals surface area contributed by atoms with E-state index in [1.54, 1.807) is 0 Å². The van der Waals surface area contributed by atoms with Gasteiger partial charge in [-0.25, -0.2) is 0 Å². The van der Waals surface area contributed by atoms with E-state index < -0.39 is 41.3 Å². The van der Waals surface area contributed by atoms with Gasteiger partial charge in [0.1, 0.15) is 0 Å². The predicted molar refractivity (Wildman–Crippen MR) is 22.5 cm³/mol. The monoisotopic (exact) mass is 408 g/mol. The molecular formula is H5Mo2O11P. The summed E-state index contributed by atoms with van der Waals surface area (Å²) in [6.07, 6.45) is 0. The number of phosphoric acid groups is 1. The fraction of sp³-hybridized carbons (Fsp3) is 0. The molecule has 0 saturated heterocycles. The van der Waals surface area contributed by atoms with Crippen LogP contribution in [-0.4, -0.2) is 21.1 Å². The third-order valence-electron chi connectivity index (χ3n) is 0.191. The van der Waals surface area contributed by atoms with Crippen LogP contribution in [0, 0.1) is 0 Å². The van der Waals surface area contributed by atoms with E-state index in [1.165, 1.54) is 0 Å². The summed E-state index contributed by atoms with van der Waals surface area (Å²) in [5, 5.41) is 0. The summed E-state index contributed by atoms with van der Waals surface area (Å²) >= 11 is -11.5. The normalized spacial score (nSPS) is 12.9. The summed E-state index contributed by atoms with van der Waals surface area (Å²) in [6.45, 7) is 0. The van der Waals surface area contributed by atoms with Crippen LogP contribution >= 0.6 is 7.82 Å². The van der Waals surface area contributed by atoms with Crippen LogP contribution in [0.25, 0.3) is 0 Å². The third kappa shape index (κ3) is 39.0. The van der Waals surface area contributed by atoms with Crippen molar-refractivity contribution in [1.29, 1.82) is 0 Å². The van der Waals surface area contributed by atoms with Crippen molar-refractivity contribution in [3.63, 3.8) is 0 Å². The molecule has 0 aromatic heterocycles. The summed E-state index contributed by atoms with van der Waals surface area (Å²) < 4.78 is 71.4. The molecule has 0 spiro atoms. The Morgan fingerprint density at radius 1 is 0.929 bits per heavy atom. The summed E-state index contributed by atoms with van der Waals surface area (Å²) in [6, 6.07) is 0. The molecule has 0 bridgehead atoms. The van der Waals surface area contributed by atoms with Crippen molar-refractivity contribution in [2.45, 2.75) is 0 Å². The van der Waals surface area contributed by atoms with Gasteiger partial charge in [-0.05, 0) is 0 Å². The van der Waals surface area contributed by atoms with E-state index in [1.807, 2.05) is 0 Å². The van der Waals surface area contributed by atoms with Crippen LogP contribution in [0.5, 0.6) is 0 Å². The molecule has 0 heterocycles. The molecule has 0 fully saturated rings. The van der Waals surface area contributed by atoms with Gasteiger partial charge in [-0.3, -0.25) is 0 Å². The average molecular weight is 404 g/mol. The van der Waals surface area contributed by atoms with E-state index in [9.17, 15) is 11.4 Å². The van der Waals surface area contributed by atoms with E-state index in [-0.39, 0.29) is 0 Å². The van der Waals surface area contributed by atoms with E-state index in [0.717, 1.165) is 0 Å². The van der Waals surface area contributed by atoms with Gasteiger partial charge in [0, 0.05) is 0 Å². The van der Waals surface area contributed by atoms with Gasteiger partial charge in [0.05, 0.1) is 0 Å². The Bertz CT molecular complexity index is 381. The molecular weight excluding hydrogens is 399 g/mol. The molecule has 0 radical (unpaired) electrons. The second-order valence-corrected chi connectivity index (χ2v) is 7.97. The quantitative estimate of drug-likeness (QED) is 0.239. The number of rotatable bonds is 2. The standard InChI is InChI=1S/2Mo.H3O4P.3H2O.4O/c;;1-5(2,3)4;;;;;;;/h;;(H3,1,2,3,4);3*1H2;;;;/q2*+2;;;;;;;;/p-4. The molecule has 0 aromatic carbocycles. The molecule has 0 aromatic rings. The topological polar surface area (TPSA) is 196 Å². The van der Waals surface area contributed by atoms with Gasteiger partial charge in [0.15, 0.2) is 0 Å². The number of hydrogen-bond donors (Lipinski definition) is 5. The van der Waals surface area contributed by atoms with Crippen LogP contribution in [-0.2, 0) is 54.8 Å². The SMILES string of the molecule is O=P(O)(O)[O][Mo](=[O])(=[O])[OH].[O]=[Mo](=[O])([OH])[OH]. The molecule has 5 N–H and O–H groups in total. The first-order chi connectivity index (χ1) is 5.71. The van der Waals surface area contributed by atoms with Gasteiger partial charge >= 0.3 is 83.7 Å². The Morgan fingerprint density at radius 2 is 1.14 bits per heavy atom. The fourth-order valence-electron chi connectivity index (χ4n) is 0.123. The molecule has 0 aliphatic heterocycles. The van der Waals surface area contributed by atoms with Crippen LogP contribution in [0.4, 0.5) is 0 Å². The third-order valence-corrected chi connectivity index (χ3v) is 3.40. The first kappa shape index (κ1) is 17.0. The average Bonchev–Trinajstić information content (AvgIpc) is 1.42. The molecule has 0 aliphatic rings. The molecule has 88 valence electrons. The minimum atomic E-state index is -6.03. The maximum absolute atomic E-state index is 9.61. The molecule has 0 aliphatic carbocycles. The summed E-state index contributed by atoms with van der Waals surface area (Å²) in [7, 11) is -5.08. The van der Waals surface area contributed by atoms with E-state index >= 15 is 0 Å². The van der Waals surface area contributed by atoms with Crippen LogP contribution in [0.1, 0.15) is 0 Å². The van der Waals surface area contributed by atoms with Crippen molar-refractivity contribution >= 4 is 7.82 Å². The maximum atomic E-state index is 9.61. The summed E-state index contributed by atoms with van der Waals surface area (Å²) in [5.74, 6) is 0. The summed E-state index contributed by atoms with van der Waals surface area (Å²) in [5.41, 5.74) is 0. The van der Waals surface area contributed by atoms with Gasteiger partial charge in [-0.1, -0.05) is 0 Å². The van der Waals surface area contributed by atoms with Crippen molar-refractivity contribution < 1.29 is 75.9 Å². The fourth-order valence-corrected chi connectivity index (χ4v) is 2.18. The first-order valence-electron chi connectivity index (χ1n) is 2.15. The van der Waals surface area contributed by atoms with E-state index in [2.05, 4.69) is 3.18 Å². The number of hydrogen-bond acceptors (Lipinski definition) is 6. The molecule has 11 nitrogen and oxygen atoms in total. The van der Waals surface area contributed by atoms with E-state index in [4.69, 9.17) is 27.9 Å². The van der Waals surface area contributed by atoms with Gasteiger partial charge in [-0.2, -0.15) is 0 Å². The zero-order valence-electron chi connectivity index (χ0n) is 5.95. The molecule has 0 amide bonds. The van der Waals surface area contributed by atoms with Crippen molar-refractivity contribution in [3.8, 4) is 0 Å². The first-order valence-corrected chi connectivity index (χ1v) is 10.5. The van der Waals surface area contributed by atoms with Gasteiger partial charge in [0.25, 0.3) is 0 Å². The van der Waals surface area contributed by atoms with Crippen LogP contribution in [0.2, 0.25) is 0 Å². The van der Waals surface area contributed by atoms with Crippen LogP contribution in [0.3, 0.4) is 0 Å². The molecule has 14 heavy (non-hydrogen) atoms. The van der Waals surface area contributed by atoms with Crippen molar-refractivity contribution in [2.75, 3.05) is 0 Å². The van der Waals surface area contributed by atoms with Gasteiger partial charge in [0.2, 0.25) is 0 Å². The van der Waals surface area contributed by atoms with Crippen molar-refractivity contribution in [1.82, 2.24) is 0 Å². The Morgan fingerprint density at radius 3 is 1.14 bits per heavy atom. The van der Waals surface area contributed by atoms with Gasteiger partial charge < -0.3 is 0 Å².